The van der Waals surface area contributed by atoms with Crippen LogP contribution in [-0.2, 0) is 0 Å². The van der Waals surface area contributed by atoms with Crippen molar-refractivity contribution < 1.29 is 0 Å². The topological polar surface area (TPSA) is 29.3 Å². The third kappa shape index (κ3) is 2.95. The lowest BCUT2D eigenvalue weighted by molar-refractivity contribution is 0.114. The van der Waals surface area contributed by atoms with E-state index in [1.807, 2.05) is 11.3 Å². The molecule has 1 aliphatic rings. The van der Waals surface area contributed by atoms with E-state index < -0.39 is 0 Å². The number of aryl methyl sites for hydroxylation is 2. The maximum absolute atomic E-state index is 6.42. The summed E-state index contributed by atoms with van der Waals surface area (Å²) in [6.07, 6.45) is 2.40. The molecule has 0 spiro atoms. The van der Waals surface area contributed by atoms with Crippen LogP contribution in [0.5, 0.6) is 0 Å². The summed E-state index contributed by atoms with van der Waals surface area (Å²) in [6, 6.07) is 3.08. The lowest BCUT2D eigenvalue weighted by Crippen LogP contribution is -2.47. The number of hydrogen-bond donors (Lipinski definition) is 1. The fourth-order valence-electron chi connectivity index (χ4n) is 3.14. The molecule has 0 saturated carbocycles. The molecule has 2 rings (SSSR count). The maximum Gasteiger partial charge on any atom is 0.0510 e. The second-order valence-corrected chi connectivity index (χ2v) is 7.47. The van der Waals surface area contributed by atoms with Gasteiger partial charge in [-0.15, -0.1) is 11.3 Å². The summed E-state index contributed by atoms with van der Waals surface area (Å²) in [5, 5.41) is 0. The van der Waals surface area contributed by atoms with Gasteiger partial charge in [-0.1, -0.05) is 13.8 Å². The van der Waals surface area contributed by atoms with Gasteiger partial charge in [-0.2, -0.15) is 0 Å². The zero-order chi connectivity index (χ0) is 13.3. The van der Waals surface area contributed by atoms with Crippen LogP contribution in [0, 0.1) is 19.8 Å². The van der Waals surface area contributed by atoms with Crippen molar-refractivity contribution in [3.05, 3.63) is 21.4 Å². The molecular weight excluding hydrogens is 240 g/mol. The number of nitrogens with zero attached hydrogens (tertiary/aromatic N) is 1. The Bertz CT molecular complexity index is 397. The predicted molar refractivity (Wildman–Crippen MR) is 80.2 cm³/mol. The Morgan fingerprint density at radius 1 is 1.44 bits per heavy atom. The van der Waals surface area contributed by atoms with E-state index in [0.717, 1.165) is 13.0 Å². The van der Waals surface area contributed by atoms with Crippen LogP contribution in [0.1, 0.15) is 48.0 Å². The van der Waals surface area contributed by atoms with E-state index in [4.69, 9.17) is 5.73 Å². The first-order valence-electron chi connectivity index (χ1n) is 7.05. The normalized spacial score (nSPS) is 25.9. The summed E-state index contributed by atoms with van der Waals surface area (Å²) >= 11 is 1.90. The average Bonchev–Trinajstić information content (AvgIpc) is 2.57. The molecule has 1 aromatic rings. The Morgan fingerprint density at radius 2 is 2.17 bits per heavy atom. The maximum atomic E-state index is 6.42. The van der Waals surface area contributed by atoms with Crippen molar-refractivity contribution in [3.8, 4) is 0 Å². The minimum absolute atomic E-state index is 0.296. The van der Waals surface area contributed by atoms with Crippen LogP contribution in [0.4, 0.5) is 0 Å². The summed E-state index contributed by atoms with van der Waals surface area (Å²) in [5.74, 6) is 0.706. The van der Waals surface area contributed by atoms with Gasteiger partial charge in [0.15, 0.2) is 0 Å². The molecule has 1 aromatic heterocycles. The SMILES string of the molecule is Cc1cc(C2C(N)CCCN2CC(C)C)c(C)s1. The van der Waals surface area contributed by atoms with Gasteiger partial charge in [-0.05, 0) is 50.8 Å². The number of thiophene rings is 1. The molecule has 1 fully saturated rings. The molecular formula is C15H26N2S. The van der Waals surface area contributed by atoms with Crippen LogP contribution < -0.4 is 5.73 Å². The first kappa shape index (κ1) is 14.0. The lowest BCUT2D eigenvalue weighted by Gasteiger charge is -2.41. The van der Waals surface area contributed by atoms with E-state index in [1.54, 1.807) is 0 Å². The van der Waals surface area contributed by atoms with Crippen LogP contribution in [0.2, 0.25) is 0 Å². The largest absolute Gasteiger partial charge is 0.326 e. The van der Waals surface area contributed by atoms with Crippen molar-refractivity contribution in [1.82, 2.24) is 4.90 Å². The summed E-state index contributed by atoms with van der Waals surface area (Å²) in [6.45, 7) is 11.4. The highest BCUT2D eigenvalue weighted by Gasteiger charge is 2.32. The fourth-order valence-corrected chi connectivity index (χ4v) is 4.11. The quantitative estimate of drug-likeness (QED) is 0.907. The molecule has 2 nitrogen and oxygen atoms in total. The summed E-state index contributed by atoms with van der Waals surface area (Å²) in [5.41, 5.74) is 7.90. The van der Waals surface area contributed by atoms with E-state index in [2.05, 4.69) is 38.7 Å². The minimum atomic E-state index is 0.296. The second kappa shape index (κ2) is 5.72. The molecule has 0 bridgehead atoms. The number of rotatable bonds is 3. The second-order valence-electron chi connectivity index (χ2n) is 6.01. The highest BCUT2D eigenvalue weighted by atomic mass is 32.1. The summed E-state index contributed by atoms with van der Waals surface area (Å²) in [4.78, 5) is 5.46. The smallest absolute Gasteiger partial charge is 0.0510 e. The monoisotopic (exact) mass is 266 g/mol. The van der Waals surface area contributed by atoms with Gasteiger partial charge in [0.05, 0.1) is 6.04 Å². The predicted octanol–water partition coefficient (Wildman–Crippen LogP) is 3.49. The van der Waals surface area contributed by atoms with Crippen LogP contribution in [0.25, 0.3) is 0 Å². The molecule has 1 aliphatic heterocycles. The van der Waals surface area contributed by atoms with E-state index in [1.165, 1.54) is 28.3 Å². The third-order valence-corrected chi connectivity index (χ3v) is 4.76. The van der Waals surface area contributed by atoms with Crippen molar-refractivity contribution >= 4 is 11.3 Å². The van der Waals surface area contributed by atoms with Crippen LogP contribution in [-0.4, -0.2) is 24.0 Å². The highest BCUT2D eigenvalue weighted by Crippen LogP contribution is 2.35. The molecule has 0 aromatic carbocycles. The van der Waals surface area contributed by atoms with Gasteiger partial charge >= 0.3 is 0 Å². The van der Waals surface area contributed by atoms with Crippen molar-refractivity contribution in [2.45, 2.75) is 52.6 Å². The Labute approximate surface area is 115 Å². The molecule has 102 valence electrons. The molecule has 2 N–H and O–H groups in total. The van der Waals surface area contributed by atoms with Gasteiger partial charge in [0.1, 0.15) is 0 Å². The Hall–Kier alpha value is -0.380. The molecule has 18 heavy (non-hydrogen) atoms. The number of likely N-dealkylation sites (tertiary alicyclic amines) is 1. The van der Waals surface area contributed by atoms with E-state index in [0.29, 0.717) is 18.0 Å². The van der Waals surface area contributed by atoms with Gasteiger partial charge in [0.25, 0.3) is 0 Å². The van der Waals surface area contributed by atoms with E-state index in [9.17, 15) is 0 Å². The van der Waals surface area contributed by atoms with Gasteiger partial charge in [0.2, 0.25) is 0 Å². The van der Waals surface area contributed by atoms with Crippen molar-refractivity contribution in [2.24, 2.45) is 11.7 Å². The standard InChI is InChI=1S/C15H26N2S/c1-10(2)9-17-7-5-6-14(16)15(17)13-8-11(3)18-12(13)4/h8,10,14-15H,5-7,9,16H2,1-4H3. The molecule has 0 aliphatic carbocycles. The van der Waals surface area contributed by atoms with Gasteiger partial charge in [-0.25, -0.2) is 0 Å². The van der Waals surface area contributed by atoms with Crippen molar-refractivity contribution in [3.63, 3.8) is 0 Å². The zero-order valence-electron chi connectivity index (χ0n) is 12.1. The first-order valence-corrected chi connectivity index (χ1v) is 7.87. The summed E-state index contributed by atoms with van der Waals surface area (Å²) < 4.78 is 0. The van der Waals surface area contributed by atoms with Crippen molar-refractivity contribution in [1.29, 1.82) is 0 Å². The number of hydrogen-bond acceptors (Lipinski definition) is 3. The molecule has 2 heterocycles. The summed E-state index contributed by atoms with van der Waals surface area (Å²) in [7, 11) is 0. The lowest BCUT2D eigenvalue weighted by atomic mass is 9.90. The average molecular weight is 266 g/mol. The molecule has 1 saturated heterocycles. The number of piperidine rings is 1. The number of nitrogens with two attached hydrogens (primary N) is 1. The van der Waals surface area contributed by atoms with Crippen LogP contribution >= 0.6 is 11.3 Å². The first-order chi connectivity index (χ1) is 8.49. The fraction of sp³-hybridized carbons (Fsp3) is 0.733. The van der Waals surface area contributed by atoms with Gasteiger partial charge in [-0.3, -0.25) is 4.90 Å². The Kier molecular flexibility index (Phi) is 4.46. The van der Waals surface area contributed by atoms with Crippen LogP contribution in [0.3, 0.4) is 0 Å². The molecule has 2 atom stereocenters. The molecule has 3 heteroatoms. The zero-order valence-corrected chi connectivity index (χ0v) is 12.9. The third-order valence-electron chi connectivity index (χ3n) is 3.78. The molecule has 2 unspecified atom stereocenters. The molecule has 0 amide bonds. The van der Waals surface area contributed by atoms with E-state index >= 15 is 0 Å². The van der Waals surface area contributed by atoms with Gasteiger partial charge < -0.3 is 5.73 Å². The minimum Gasteiger partial charge on any atom is -0.326 e. The van der Waals surface area contributed by atoms with Crippen molar-refractivity contribution in [2.75, 3.05) is 13.1 Å². The van der Waals surface area contributed by atoms with Gasteiger partial charge in [0, 0.05) is 22.3 Å². The molecule has 0 radical (unpaired) electrons. The van der Waals surface area contributed by atoms with E-state index in [-0.39, 0.29) is 0 Å². The Balaban J connectivity index is 2.26. The Morgan fingerprint density at radius 3 is 2.72 bits per heavy atom. The highest BCUT2D eigenvalue weighted by molar-refractivity contribution is 7.12. The van der Waals surface area contributed by atoms with Crippen LogP contribution in [0.15, 0.2) is 6.07 Å².